The first-order valence-corrected chi connectivity index (χ1v) is 10.1. The number of amides is 1. The smallest absolute Gasteiger partial charge is 0.256 e. The van der Waals surface area contributed by atoms with Gasteiger partial charge in [0.1, 0.15) is 0 Å². The first kappa shape index (κ1) is 19.7. The van der Waals surface area contributed by atoms with Gasteiger partial charge >= 0.3 is 0 Å². The average Bonchev–Trinajstić information content (AvgIpc) is 3.30. The molecule has 0 saturated heterocycles. The number of hydrogen-bond donors (Lipinski definition) is 1. The Morgan fingerprint density at radius 1 is 0.967 bits per heavy atom. The number of hydrogen-bond acceptors (Lipinski definition) is 6. The summed E-state index contributed by atoms with van der Waals surface area (Å²) in [5.41, 5.74) is 3.40. The summed E-state index contributed by atoms with van der Waals surface area (Å²) >= 11 is 1.53. The fourth-order valence-corrected chi connectivity index (χ4v) is 3.86. The molecule has 30 heavy (non-hydrogen) atoms. The largest absolute Gasteiger partial charge is 0.493 e. The maximum atomic E-state index is 13.1. The maximum Gasteiger partial charge on any atom is 0.256 e. The third-order valence-corrected chi connectivity index (χ3v) is 5.38. The highest BCUT2D eigenvalue weighted by atomic mass is 32.1. The normalized spacial score (nSPS) is 10.6. The number of fused-ring (bicyclic) bond motifs is 1. The number of nitrogens with zero attached hydrogens (tertiary/aromatic N) is 1. The zero-order chi connectivity index (χ0) is 21.1. The molecule has 7 heteroatoms. The minimum Gasteiger partial charge on any atom is -0.493 e. The predicted octanol–water partition coefficient (Wildman–Crippen LogP) is 5.24. The summed E-state index contributed by atoms with van der Waals surface area (Å²) in [6.45, 7) is 0. The monoisotopic (exact) mass is 420 g/mol. The van der Waals surface area contributed by atoms with Crippen molar-refractivity contribution in [1.82, 2.24) is 4.98 Å². The van der Waals surface area contributed by atoms with Crippen LogP contribution in [0.4, 0.5) is 5.69 Å². The van der Waals surface area contributed by atoms with E-state index in [0.717, 1.165) is 22.2 Å². The summed E-state index contributed by atoms with van der Waals surface area (Å²) in [6, 6.07) is 14.9. The molecule has 0 aliphatic carbocycles. The average molecular weight is 420 g/mol. The van der Waals surface area contributed by atoms with Gasteiger partial charge in [0.2, 0.25) is 5.75 Å². The number of thiophene rings is 1. The van der Waals surface area contributed by atoms with E-state index in [0.29, 0.717) is 28.5 Å². The van der Waals surface area contributed by atoms with Gasteiger partial charge in [-0.2, -0.15) is 11.3 Å². The van der Waals surface area contributed by atoms with E-state index in [1.807, 2.05) is 53.2 Å². The molecule has 0 spiro atoms. The fourth-order valence-electron chi connectivity index (χ4n) is 3.27. The molecule has 0 saturated carbocycles. The van der Waals surface area contributed by atoms with Crippen molar-refractivity contribution < 1.29 is 19.0 Å². The first-order chi connectivity index (χ1) is 14.6. The van der Waals surface area contributed by atoms with Crippen molar-refractivity contribution >= 4 is 33.8 Å². The number of benzene rings is 2. The standard InChI is InChI=1S/C23H20N2O4S/c1-27-20-10-14(11-21(28-2)22(20)29-3)19-12-17(16-6-4-5-7-18(16)25-19)23(26)24-15-8-9-30-13-15/h4-13H,1-3H3,(H,24,26). The number of carbonyl (C=O) groups excluding carboxylic acids is 1. The highest BCUT2D eigenvalue weighted by Crippen LogP contribution is 2.41. The fraction of sp³-hybridized carbons (Fsp3) is 0.130. The molecular weight excluding hydrogens is 400 g/mol. The molecule has 0 radical (unpaired) electrons. The number of ether oxygens (including phenoxy) is 3. The van der Waals surface area contributed by atoms with E-state index in [1.165, 1.54) is 11.3 Å². The molecule has 0 aliphatic rings. The van der Waals surface area contributed by atoms with Crippen molar-refractivity contribution in [2.24, 2.45) is 0 Å². The third kappa shape index (κ3) is 3.67. The predicted molar refractivity (Wildman–Crippen MR) is 119 cm³/mol. The maximum absolute atomic E-state index is 13.1. The minimum absolute atomic E-state index is 0.194. The van der Waals surface area contributed by atoms with Crippen LogP contribution in [0.3, 0.4) is 0 Å². The molecule has 2 aromatic carbocycles. The Hall–Kier alpha value is -3.58. The van der Waals surface area contributed by atoms with Crippen LogP contribution in [-0.4, -0.2) is 32.2 Å². The first-order valence-electron chi connectivity index (χ1n) is 9.18. The van der Waals surface area contributed by atoms with Crippen LogP contribution in [0.15, 0.2) is 59.3 Å². The number of para-hydroxylation sites is 1. The molecule has 4 rings (SSSR count). The topological polar surface area (TPSA) is 69.7 Å². The number of pyridine rings is 1. The molecule has 2 heterocycles. The van der Waals surface area contributed by atoms with Gasteiger partial charge in [0.15, 0.2) is 11.5 Å². The Bertz CT molecular complexity index is 1180. The molecule has 0 fully saturated rings. The van der Waals surface area contributed by atoms with Crippen molar-refractivity contribution in [2.45, 2.75) is 0 Å². The number of nitrogens with one attached hydrogen (secondary N) is 1. The summed E-state index contributed by atoms with van der Waals surface area (Å²) in [4.78, 5) is 17.8. The van der Waals surface area contributed by atoms with Crippen LogP contribution in [0.5, 0.6) is 17.2 Å². The van der Waals surface area contributed by atoms with Crippen molar-refractivity contribution in [3.63, 3.8) is 0 Å². The van der Waals surface area contributed by atoms with E-state index < -0.39 is 0 Å². The summed E-state index contributed by atoms with van der Waals surface area (Å²) in [7, 11) is 4.68. The molecule has 0 bridgehead atoms. The molecule has 2 aromatic heterocycles. The summed E-state index contributed by atoms with van der Waals surface area (Å²) in [5.74, 6) is 1.35. The molecule has 1 N–H and O–H groups in total. The van der Waals surface area contributed by atoms with E-state index in [-0.39, 0.29) is 5.91 Å². The molecule has 152 valence electrons. The zero-order valence-electron chi connectivity index (χ0n) is 16.8. The molecule has 0 unspecified atom stereocenters. The van der Waals surface area contributed by atoms with Gasteiger partial charge in [-0.25, -0.2) is 4.98 Å². The van der Waals surface area contributed by atoms with Crippen LogP contribution in [0.2, 0.25) is 0 Å². The Labute approximate surface area is 178 Å². The molecule has 6 nitrogen and oxygen atoms in total. The lowest BCUT2D eigenvalue weighted by Gasteiger charge is -2.15. The quantitative estimate of drug-likeness (QED) is 0.462. The lowest BCUT2D eigenvalue weighted by Crippen LogP contribution is -2.12. The van der Waals surface area contributed by atoms with E-state index in [4.69, 9.17) is 19.2 Å². The Morgan fingerprint density at radius 3 is 2.33 bits per heavy atom. The Kier molecular flexibility index (Phi) is 5.54. The Morgan fingerprint density at radius 2 is 1.70 bits per heavy atom. The van der Waals surface area contributed by atoms with Crippen LogP contribution in [0.1, 0.15) is 10.4 Å². The number of anilines is 1. The molecule has 1 amide bonds. The van der Waals surface area contributed by atoms with Gasteiger partial charge in [-0.15, -0.1) is 0 Å². The SMILES string of the molecule is COc1cc(-c2cc(C(=O)Nc3ccsc3)c3ccccc3n2)cc(OC)c1OC. The minimum atomic E-state index is -0.194. The van der Waals surface area contributed by atoms with Crippen molar-refractivity contribution in [1.29, 1.82) is 0 Å². The molecular formula is C23H20N2O4S. The highest BCUT2D eigenvalue weighted by Gasteiger charge is 2.18. The Balaban J connectivity index is 1.87. The van der Waals surface area contributed by atoms with Gasteiger partial charge < -0.3 is 19.5 Å². The van der Waals surface area contributed by atoms with Gasteiger partial charge in [0.25, 0.3) is 5.91 Å². The van der Waals surface area contributed by atoms with Crippen molar-refractivity contribution in [2.75, 3.05) is 26.6 Å². The van der Waals surface area contributed by atoms with Gasteiger partial charge in [0, 0.05) is 16.3 Å². The molecule has 4 aromatic rings. The second-order valence-corrected chi connectivity index (χ2v) is 7.23. The van der Waals surface area contributed by atoms with Crippen molar-refractivity contribution in [3.8, 4) is 28.5 Å². The summed E-state index contributed by atoms with van der Waals surface area (Å²) in [6.07, 6.45) is 0. The second kappa shape index (κ2) is 8.42. The zero-order valence-corrected chi connectivity index (χ0v) is 17.6. The number of carbonyl (C=O) groups is 1. The highest BCUT2D eigenvalue weighted by molar-refractivity contribution is 7.08. The lowest BCUT2D eigenvalue weighted by atomic mass is 10.0. The summed E-state index contributed by atoms with van der Waals surface area (Å²) < 4.78 is 16.3. The van der Waals surface area contributed by atoms with E-state index in [2.05, 4.69) is 5.32 Å². The van der Waals surface area contributed by atoms with E-state index in [9.17, 15) is 4.79 Å². The van der Waals surface area contributed by atoms with E-state index in [1.54, 1.807) is 27.4 Å². The van der Waals surface area contributed by atoms with Crippen LogP contribution < -0.4 is 19.5 Å². The van der Waals surface area contributed by atoms with Gasteiger partial charge in [-0.3, -0.25) is 4.79 Å². The van der Waals surface area contributed by atoms with E-state index >= 15 is 0 Å². The molecule has 0 atom stereocenters. The number of methoxy groups -OCH3 is 3. The second-order valence-electron chi connectivity index (χ2n) is 6.45. The lowest BCUT2D eigenvalue weighted by molar-refractivity contribution is 0.102. The van der Waals surface area contributed by atoms with Crippen molar-refractivity contribution in [3.05, 3.63) is 64.9 Å². The number of rotatable bonds is 6. The third-order valence-electron chi connectivity index (χ3n) is 4.70. The van der Waals surface area contributed by atoms with Gasteiger partial charge in [-0.1, -0.05) is 18.2 Å². The number of aromatic nitrogens is 1. The molecule has 0 aliphatic heterocycles. The van der Waals surface area contributed by atoms with Crippen LogP contribution in [-0.2, 0) is 0 Å². The van der Waals surface area contributed by atoms with Crippen LogP contribution >= 0.6 is 11.3 Å². The van der Waals surface area contributed by atoms with Crippen LogP contribution in [0, 0.1) is 0 Å². The van der Waals surface area contributed by atoms with Gasteiger partial charge in [0.05, 0.1) is 43.8 Å². The van der Waals surface area contributed by atoms with Crippen LogP contribution in [0.25, 0.3) is 22.2 Å². The summed E-state index contributed by atoms with van der Waals surface area (Å²) in [5, 5.41) is 7.53. The van der Waals surface area contributed by atoms with Gasteiger partial charge in [-0.05, 0) is 35.7 Å².